The van der Waals surface area contributed by atoms with Crippen molar-refractivity contribution >= 4 is 27.5 Å². The minimum Gasteiger partial charge on any atom is -0.497 e. The highest BCUT2D eigenvalue weighted by molar-refractivity contribution is 7.92. The third-order valence-electron chi connectivity index (χ3n) is 6.37. The number of sulfonamides is 1. The van der Waals surface area contributed by atoms with Crippen molar-refractivity contribution in [1.82, 2.24) is 10.2 Å². The molecule has 0 aliphatic carbocycles. The van der Waals surface area contributed by atoms with Crippen LogP contribution in [0.3, 0.4) is 0 Å². The molecule has 1 N–H and O–H groups in total. The predicted octanol–water partition coefficient (Wildman–Crippen LogP) is 4.53. The average molecular weight is 570 g/mol. The smallest absolute Gasteiger partial charge is 0.264 e. The van der Waals surface area contributed by atoms with Gasteiger partial charge in [0.25, 0.3) is 10.0 Å². The number of hydrogen-bond donors (Lipinski definition) is 1. The van der Waals surface area contributed by atoms with Gasteiger partial charge in [0.15, 0.2) is 0 Å². The van der Waals surface area contributed by atoms with Crippen LogP contribution in [0.25, 0.3) is 0 Å². The van der Waals surface area contributed by atoms with Gasteiger partial charge in [-0.15, -0.1) is 0 Å². The van der Waals surface area contributed by atoms with E-state index in [1.54, 1.807) is 43.3 Å². The number of amides is 2. The molecule has 0 radical (unpaired) electrons. The number of carbonyl (C=O) groups excluding carboxylic acids is 2. The number of nitrogens with zero attached hydrogens (tertiary/aromatic N) is 2. The molecular formula is C30H36FN3O5S. The molecular weight excluding hydrogens is 533 g/mol. The Labute approximate surface area is 235 Å². The second kappa shape index (κ2) is 13.4. The van der Waals surface area contributed by atoms with Gasteiger partial charge in [-0.1, -0.05) is 43.7 Å². The Morgan fingerprint density at radius 2 is 1.52 bits per heavy atom. The van der Waals surface area contributed by atoms with E-state index in [1.807, 2.05) is 20.8 Å². The molecule has 0 fully saturated rings. The molecule has 40 heavy (non-hydrogen) atoms. The van der Waals surface area contributed by atoms with Crippen LogP contribution < -0.4 is 14.4 Å². The number of halogens is 1. The first-order chi connectivity index (χ1) is 18.9. The molecule has 214 valence electrons. The number of rotatable bonds is 12. The summed E-state index contributed by atoms with van der Waals surface area (Å²) in [5.41, 5.74) is 1.74. The maximum absolute atomic E-state index is 13.9. The van der Waals surface area contributed by atoms with Crippen molar-refractivity contribution < 1.29 is 27.1 Å². The molecule has 0 unspecified atom stereocenters. The topological polar surface area (TPSA) is 96.0 Å². The molecule has 3 aromatic rings. The lowest BCUT2D eigenvalue weighted by Crippen LogP contribution is -2.51. The minimum atomic E-state index is -4.17. The monoisotopic (exact) mass is 569 g/mol. The molecule has 0 aliphatic rings. The summed E-state index contributed by atoms with van der Waals surface area (Å²) in [6.45, 7) is 7.18. The molecule has 0 saturated heterocycles. The fourth-order valence-electron chi connectivity index (χ4n) is 3.94. The van der Waals surface area contributed by atoms with Crippen LogP contribution in [0, 0.1) is 18.7 Å². The number of carbonyl (C=O) groups is 2. The molecule has 2 amide bonds. The number of anilines is 1. The van der Waals surface area contributed by atoms with Gasteiger partial charge >= 0.3 is 0 Å². The van der Waals surface area contributed by atoms with Crippen LogP contribution >= 0.6 is 0 Å². The highest BCUT2D eigenvalue weighted by Gasteiger charge is 2.32. The normalized spacial score (nSPS) is 12.1. The number of hydrogen-bond acceptors (Lipinski definition) is 5. The quantitative estimate of drug-likeness (QED) is 0.346. The van der Waals surface area contributed by atoms with Crippen molar-refractivity contribution in [2.45, 2.75) is 45.2 Å². The number of ether oxygens (including phenoxy) is 1. The Morgan fingerprint density at radius 1 is 0.925 bits per heavy atom. The maximum atomic E-state index is 13.9. The van der Waals surface area contributed by atoms with Gasteiger partial charge in [-0.3, -0.25) is 13.9 Å². The number of methoxy groups -OCH3 is 1. The van der Waals surface area contributed by atoms with Gasteiger partial charge in [-0.05, 0) is 73.9 Å². The molecule has 0 aromatic heterocycles. The zero-order chi connectivity index (χ0) is 29.4. The Bertz CT molecular complexity index is 1390. The van der Waals surface area contributed by atoms with E-state index in [0.717, 1.165) is 9.87 Å². The molecule has 0 heterocycles. The van der Waals surface area contributed by atoms with Gasteiger partial charge in [0.05, 0.1) is 17.7 Å². The zero-order valence-electron chi connectivity index (χ0n) is 23.4. The van der Waals surface area contributed by atoms with Crippen molar-refractivity contribution in [1.29, 1.82) is 0 Å². The fourth-order valence-corrected chi connectivity index (χ4v) is 5.35. The summed E-state index contributed by atoms with van der Waals surface area (Å²) < 4.78 is 47.5. The lowest BCUT2D eigenvalue weighted by atomic mass is 10.1. The second-order valence-corrected chi connectivity index (χ2v) is 11.8. The molecule has 0 spiro atoms. The second-order valence-electron chi connectivity index (χ2n) is 9.99. The summed E-state index contributed by atoms with van der Waals surface area (Å²) in [5, 5.41) is 2.83. The van der Waals surface area contributed by atoms with E-state index in [4.69, 9.17) is 4.74 Å². The standard InChI is InChI=1S/C30H36FN3O5S/c1-21(2)18-32-30(36)23(4)33(19-24-8-10-25(31)11-9-24)29(35)20-34(26-12-14-27(39-5)15-13-26)40(37,38)28-16-6-22(3)7-17-28/h6-17,21,23H,18-20H2,1-5H3,(H,32,36)/t23-/m1/s1. The summed E-state index contributed by atoms with van der Waals surface area (Å²) >= 11 is 0. The Morgan fingerprint density at radius 3 is 2.08 bits per heavy atom. The van der Waals surface area contributed by atoms with E-state index in [1.165, 1.54) is 48.4 Å². The average Bonchev–Trinajstić information content (AvgIpc) is 2.94. The molecule has 1 atom stereocenters. The van der Waals surface area contributed by atoms with Crippen LogP contribution in [0.5, 0.6) is 5.75 Å². The summed E-state index contributed by atoms with van der Waals surface area (Å²) in [4.78, 5) is 28.2. The summed E-state index contributed by atoms with van der Waals surface area (Å²) in [5.74, 6) is -0.678. The highest BCUT2D eigenvalue weighted by atomic mass is 32.2. The molecule has 0 saturated carbocycles. The van der Waals surface area contributed by atoms with Crippen LogP contribution in [0.1, 0.15) is 31.9 Å². The molecule has 3 rings (SSSR count). The van der Waals surface area contributed by atoms with Crippen LogP contribution in [0.15, 0.2) is 77.7 Å². The van der Waals surface area contributed by atoms with Crippen molar-refractivity contribution in [2.75, 3.05) is 24.5 Å². The van der Waals surface area contributed by atoms with Gasteiger partial charge in [0.1, 0.15) is 24.2 Å². The maximum Gasteiger partial charge on any atom is 0.264 e. The first-order valence-corrected chi connectivity index (χ1v) is 14.4. The van der Waals surface area contributed by atoms with Crippen molar-refractivity contribution in [2.24, 2.45) is 5.92 Å². The van der Waals surface area contributed by atoms with E-state index in [2.05, 4.69) is 5.32 Å². The minimum absolute atomic E-state index is 0.0174. The highest BCUT2D eigenvalue weighted by Crippen LogP contribution is 2.27. The lowest BCUT2D eigenvalue weighted by Gasteiger charge is -2.32. The Kier molecular flexibility index (Phi) is 10.3. The predicted molar refractivity (Wildman–Crippen MR) is 153 cm³/mol. The van der Waals surface area contributed by atoms with E-state index < -0.39 is 34.3 Å². The molecule has 3 aromatic carbocycles. The lowest BCUT2D eigenvalue weighted by molar-refractivity contribution is -0.139. The summed E-state index contributed by atoms with van der Waals surface area (Å²) in [6, 6.07) is 17.3. The van der Waals surface area contributed by atoms with E-state index in [0.29, 0.717) is 17.9 Å². The molecule has 0 bridgehead atoms. The van der Waals surface area contributed by atoms with Crippen molar-refractivity contribution in [3.05, 3.63) is 89.7 Å². The Balaban J connectivity index is 2.01. The van der Waals surface area contributed by atoms with Gasteiger partial charge in [-0.25, -0.2) is 12.8 Å². The van der Waals surface area contributed by atoms with E-state index in [9.17, 15) is 22.4 Å². The van der Waals surface area contributed by atoms with Gasteiger partial charge in [0.2, 0.25) is 11.8 Å². The third-order valence-corrected chi connectivity index (χ3v) is 8.15. The van der Waals surface area contributed by atoms with Crippen LogP contribution in [0.2, 0.25) is 0 Å². The SMILES string of the molecule is COc1ccc(N(CC(=O)N(Cc2ccc(F)cc2)[C@H](C)C(=O)NCC(C)C)S(=O)(=O)c2ccc(C)cc2)cc1. The first-order valence-electron chi connectivity index (χ1n) is 13.0. The van der Waals surface area contributed by atoms with Gasteiger partial charge < -0.3 is 15.0 Å². The number of nitrogens with one attached hydrogen (secondary N) is 1. The van der Waals surface area contributed by atoms with Crippen LogP contribution in [-0.4, -0.2) is 51.4 Å². The fraction of sp³-hybridized carbons (Fsp3) is 0.333. The Hall–Kier alpha value is -3.92. The van der Waals surface area contributed by atoms with Gasteiger partial charge in [0, 0.05) is 13.1 Å². The molecule has 0 aliphatic heterocycles. The van der Waals surface area contributed by atoms with Crippen molar-refractivity contribution in [3.63, 3.8) is 0 Å². The molecule has 10 heteroatoms. The number of aryl methyl sites for hydroxylation is 1. The third kappa shape index (κ3) is 7.81. The van der Waals surface area contributed by atoms with Crippen LogP contribution in [-0.2, 0) is 26.2 Å². The summed E-state index contributed by atoms with van der Waals surface area (Å²) in [7, 11) is -2.67. The van der Waals surface area contributed by atoms with Crippen molar-refractivity contribution in [3.8, 4) is 5.75 Å². The van der Waals surface area contributed by atoms with E-state index in [-0.39, 0.29) is 29.0 Å². The molecule has 8 nitrogen and oxygen atoms in total. The number of benzene rings is 3. The largest absolute Gasteiger partial charge is 0.497 e. The van der Waals surface area contributed by atoms with E-state index >= 15 is 0 Å². The first kappa shape index (κ1) is 30.6. The zero-order valence-corrected chi connectivity index (χ0v) is 24.2. The summed E-state index contributed by atoms with van der Waals surface area (Å²) in [6.07, 6.45) is 0. The van der Waals surface area contributed by atoms with Crippen LogP contribution in [0.4, 0.5) is 10.1 Å². The van der Waals surface area contributed by atoms with Gasteiger partial charge in [-0.2, -0.15) is 0 Å².